The van der Waals surface area contributed by atoms with E-state index < -0.39 is 11.6 Å². The van der Waals surface area contributed by atoms with Crippen molar-refractivity contribution < 1.29 is 9.59 Å². The molecule has 0 atom stereocenters. The SMILES string of the molecule is CC1(C)NC(=O)NC1=O.Cc1cccc(C(N)=NN)n1. The lowest BCUT2D eigenvalue weighted by atomic mass is 10.1. The average molecular weight is 278 g/mol. The van der Waals surface area contributed by atoms with Gasteiger partial charge in [-0.15, -0.1) is 0 Å². The first-order chi connectivity index (χ1) is 9.26. The van der Waals surface area contributed by atoms with Crippen molar-refractivity contribution in [2.75, 3.05) is 0 Å². The maximum atomic E-state index is 10.7. The van der Waals surface area contributed by atoms with E-state index in [-0.39, 0.29) is 11.7 Å². The van der Waals surface area contributed by atoms with E-state index >= 15 is 0 Å². The number of carbonyl (C=O) groups excluding carboxylic acids is 2. The molecule has 1 aliphatic rings. The Hall–Kier alpha value is -2.64. The fourth-order valence-corrected chi connectivity index (χ4v) is 1.38. The van der Waals surface area contributed by atoms with Crippen LogP contribution < -0.4 is 22.2 Å². The Morgan fingerprint density at radius 1 is 1.35 bits per heavy atom. The number of imide groups is 1. The second kappa shape index (κ2) is 6.00. The van der Waals surface area contributed by atoms with Crippen molar-refractivity contribution in [2.45, 2.75) is 26.3 Å². The van der Waals surface area contributed by atoms with Gasteiger partial charge in [0.2, 0.25) is 0 Å². The van der Waals surface area contributed by atoms with Gasteiger partial charge >= 0.3 is 6.03 Å². The highest BCUT2D eigenvalue weighted by Crippen LogP contribution is 2.06. The largest absolute Gasteiger partial charge is 0.380 e. The standard InChI is InChI=1S/C7H10N4.C5H8N2O2/c1-5-3-2-4-6(10-5)7(8)11-9;1-5(2)3(8)6-4(9)7-5/h2-4H,9H2,1H3,(H2,8,11);1-2H3,(H2,6,7,8,9). The van der Waals surface area contributed by atoms with Gasteiger partial charge in [-0.25, -0.2) is 9.78 Å². The van der Waals surface area contributed by atoms with Crippen LogP contribution in [0, 0.1) is 6.92 Å². The van der Waals surface area contributed by atoms with Crippen molar-refractivity contribution in [3.05, 3.63) is 29.6 Å². The van der Waals surface area contributed by atoms with E-state index in [0.717, 1.165) is 5.69 Å². The Balaban J connectivity index is 0.000000204. The second-order valence-electron chi connectivity index (χ2n) is 4.71. The quantitative estimate of drug-likeness (QED) is 0.182. The van der Waals surface area contributed by atoms with Crippen LogP contribution in [0.1, 0.15) is 25.2 Å². The third kappa shape index (κ3) is 3.94. The number of nitrogens with zero attached hydrogens (tertiary/aromatic N) is 2. The summed E-state index contributed by atoms with van der Waals surface area (Å²) in [5.41, 5.74) is 6.22. The maximum Gasteiger partial charge on any atom is 0.322 e. The summed E-state index contributed by atoms with van der Waals surface area (Å²) in [7, 11) is 0. The highest BCUT2D eigenvalue weighted by molar-refractivity contribution is 6.06. The molecule has 0 aliphatic carbocycles. The highest BCUT2D eigenvalue weighted by Gasteiger charge is 2.36. The summed E-state index contributed by atoms with van der Waals surface area (Å²) in [4.78, 5) is 25.2. The number of rotatable bonds is 1. The molecule has 8 nitrogen and oxygen atoms in total. The van der Waals surface area contributed by atoms with Crippen LogP contribution in [0.2, 0.25) is 0 Å². The lowest BCUT2D eigenvalue weighted by Crippen LogP contribution is -2.39. The summed E-state index contributed by atoms with van der Waals surface area (Å²) >= 11 is 0. The minimum absolute atomic E-state index is 0.258. The number of aromatic nitrogens is 1. The number of urea groups is 1. The summed E-state index contributed by atoms with van der Waals surface area (Å²) in [6.45, 7) is 5.17. The van der Waals surface area contributed by atoms with Gasteiger partial charge in [0.1, 0.15) is 11.2 Å². The monoisotopic (exact) mass is 278 g/mol. The number of pyridine rings is 1. The molecule has 0 unspecified atom stereocenters. The average Bonchev–Trinajstić information content (AvgIpc) is 2.60. The third-order valence-electron chi connectivity index (χ3n) is 2.51. The Bertz CT molecular complexity index is 553. The zero-order chi connectivity index (χ0) is 15.3. The molecule has 3 amide bonds. The van der Waals surface area contributed by atoms with Crippen LogP contribution in [-0.2, 0) is 4.79 Å². The molecular formula is C12H18N6O2. The summed E-state index contributed by atoms with van der Waals surface area (Å²) < 4.78 is 0. The molecule has 6 N–H and O–H groups in total. The number of carbonyl (C=O) groups is 2. The van der Waals surface area contributed by atoms with Crippen LogP contribution in [0.3, 0.4) is 0 Å². The number of hydrogen-bond acceptors (Lipinski definition) is 5. The van der Waals surface area contributed by atoms with Gasteiger partial charge in [-0.05, 0) is 32.9 Å². The molecule has 8 heteroatoms. The van der Waals surface area contributed by atoms with Crippen LogP contribution in [-0.4, -0.2) is 28.3 Å². The second-order valence-corrected chi connectivity index (χ2v) is 4.71. The van der Waals surface area contributed by atoms with E-state index in [1.165, 1.54) is 0 Å². The van der Waals surface area contributed by atoms with Crippen LogP contribution in [0.25, 0.3) is 0 Å². The van der Waals surface area contributed by atoms with Crippen LogP contribution in [0.15, 0.2) is 23.3 Å². The third-order valence-corrected chi connectivity index (χ3v) is 2.51. The first-order valence-corrected chi connectivity index (χ1v) is 5.87. The van der Waals surface area contributed by atoms with Gasteiger partial charge in [0.25, 0.3) is 5.91 Å². The van der Waals surface area contributed by atoms with E-state index in [4.69, 9.17) is 11.6 Å². The van der Waals surface area contributed by atoms with Gasteiger partial charge in [-0.2, -0.15) is 5.10 Å². The molecule has 1 aliphatic heterocycles. The number of amidine groups is 1. The highest BCUT2D eigenvalue weighted by atomic mass is 16.2. The van der Waals surface area contributed by atoms with Crippen molar-refractivity contribution in [3.8, 4) is 0 Å². The lowest BCUT2D eigenvalue weighted by Gasteiger charge is -2.11. The topological polar surface area (TPSA) is 135 Å². The molecule has 0 saturated carbocycles. The number of hydrazone groups is 1. The van der Waals surface area contributed by atoms with E-state index in [2.05, 4.69) is 20.7 Å². The minimum Gasteiger partial charge on any atom is -0.380 e. The molecule has 1 aromatic heterocycles. The normalized spacial score (nSPS) is 16.9. The Kier molecular flexibility index (Phi) is 4.63. The fourth-order valence-electron chi connectivity index (χ4n) is 1.38. The molecule has 0 aromatic carbocycles. The molecule has 1 aromatic rings. The first-order valence-electron chi connectivity index (χ1n) is 5.87. The van der Waals surface area contributed by atoms with Gasteiger partial charge in [-0.3, -0.25) is 10.1 Å². The molecule has 2 heterocycles. The van der Waals surface area contributed by atoms with Crippen molar-refractivity contribution in [3.63, 3.8) is 0 Å². The zero-order valence-electron chi connectivity index (χ0n) is 11.6. The summed E-state index contributed by atoms with van der Waals surface area (Å²) in [5, 5.41) is 7.89. The lowest BCUT2D eigenvalue weighted by molar-refractivity contribution is -0.122. The molecule has 1 saturated heterocycles. The molecule has 0 bridgehead atoms. The van der Waals surface area contributed by atoms with Gasteiger partial charge in [-0.1, -0.05) is 6.07 Å². The number of amides is 3. The predicted molar refractivity (Wildman–Crippen MR) is 74.6 cm³/mol. The maximum absolute atomic E-state index is 10.7. The van der Waals surface area contributed by atoms with E-state index in [9.17, 15) is 9.59 Å². The number of hydrogen-bond donors (Lipinski definition) is 4. The summed E-state index contributed by atoms with van der Waals surface area (Å²) in [6.07, 6.45) is 0. The number of aryl methyl sites for hydroxylation is 1. The molecule has 108 valence electrons. The van der Waals surface area contributed by atoms with Crippen LogP contribution in [0.5, 0.6) is 0 Å². The van der Waals surface area contributed by atoms with E-state index in [1.807, 2.05) is 19.1 Å². The van der Waals surface area contributed by atoms with Crippen molar-refractivity contribution in [1.82, 2.24) is 15.6 Å². The smallest absolute Gasteiger partial charge is 0.322 e. The molecule has 0 radical (unpaired) electrons. The van der Waals surface area contributed by atoms with Gasteiger partial charge in [0.15, 0.2) is 5.84 Å². The van der Waals surface area contributed by atoms with Gasteiger partial charge in [0.05, 0.1) is 0 Å². The Morgan fingerprint density at radius 3 is 2.35 bits per heavy atom. The van der Waals surface area contributed by atoms with Gasteiger partial charge in [0, 0.05) is 5.69 Å². The zero-order valence-corrected chi connectivity index (χ0v) is 11.6. The first kappa shape index (κ1) is 15.4. The molecule has 2 rings (SSSR count). The van der Waals surface area contributed by atoms with E-state index in [0.29, 0.717) is 5.69 Å². The van der Waals surface area contributed by atoms with Crippen molar-refractivity contribution in [2.24, 2.45) is 16.7 Å². The van der Waals surface area contributed by atoms with Crippen LogP contribution in [0.4, 0.5) is 4.79 Å². The fraction of sp³-hybridized carbons (Fsp3) is 0.333. The number of nitrogens with one attached hydrogen (secondary N) is 2. The molecule has 20 heavy (non-hydrogen) atoms. The molecular weight excluding hydrogens is 260 g/mol. The summed E-state index contributed by atoms with van der Waals surface area (Å²) in [6, 6.07) is 5.09. The number of nitrogens with two attached hydrogens (primary N) is 2. The predicted octanol–water partition coefficient (Wildman–Crippen LogP) is -0.427. The van der Waals surface area contributed by atoms with E-state index in [1.54, 1.807) is 19.9 Å². The summed E-state index contributed by atoms with van der Waals surface area (Å²) in [5.74, 6) is 4.96. The van der Waals surface area contributed by atoms with Crippen LogP contribution >= 0.6 is 0 Å². The molecule has 1 fully saturated rings. The molecule has 0 spiro atoms. The Morgan fingerprint density at radius 2 is 2.00 bits per heavy atom. The Labute approximate surface area is 116 Å². The minimum atomic E-state index is -0.725. The van der Waals surface area contributed by atoms with Gasteiger partial charge < -0.3 is 16.9 Å². The van der Waals surface area contributed by atoms with Crippen molar-refractivity contribution in [1.29, 1.82) is 0 Å². The van der Waals surface area contributed by atoms with Crippen molar-refractivity contribution >= 4 is 17.8 Å².